The monoisotopic (exact) mass is 282 g/mol. The molecule has 104 valence electrons. The van der Waals surface area contributed by atoms with E-state index in [2.05, 4.69) is 6.92 Å². The predicted octanol–water partition coefficient (Wildman–Crippen LogP) is 3.33. The molecule has 2 rings (SSSR count). The first-order valence-corrected chi connectivity index (χ1v) is 6.01. The van der Waals surface area contributed by atoms with Gasteiger partial charge in [0.1, 0.15) is 0 Å². The maximum Gasteiger partial charge on any atom is 0.161 e. The second-order valence-corrected chi connectivity index (χ2v) is 4.19. The van der Waals surface area contributed by atoms with E-state index < -0.39 is 0 Å². The summed E-state index contributed by atoms with van der Waals surface area (Å²) in [6.45, 7) is 2.16. The molecular weight excluding hydrogens is 264 g/mol. The van der Waals surface area contributed by atoms with Crippen molar-refractivity contribution >= 4 is 23.2 Å². The van der Waals surface area contributed by atoms with E-state index >= 15 is 0 Å². The van der Waals surface area contributed by atoms with E-state index in [0.717, 1.165) is 28.5 Å². The molecule has 0 heterocycles. The Bertz CT molecular complexity index is 567. The van der Waals surface area contributed by atoms with Crippen molar-refractivity contribution in [3.05, 3.63) is 35.4 Å². The van der Waals surface area contributed by atoms with Gasteiger partial charge in [-0.25, -0.2) is 0 Å². The van der Waals surface area contributed by atoms with Crippen LogP contribution in [-0.4, -0.2) is 19.3 Å². The van der Waals surface area contributed by atoms with Crippen LogP contribution in [0.2, 0.25) is 0 Å². The molecule has 0 aliphatic carbocycles. The molecule has 0 spiro atoms. The van der Waals surface area contributed by atoms with Crippen molar-refractivity contribution in [2.75, 3.05) is 14.2 Å². The quantitative estimate of drug-likeness (QED) is 0.935. The molecule has 0 unspecified atom stereocenters. The van der Waals surface area contributed by atoms with Crippen LogP contribution in [-0.2, 0) is 13.0 Å². The molecule has 0 saturated heterocycles. The van der Waals surface area contributed by atoms with E-state index in [1.165, 1.54) is 5.56 Å². The summed E-state index contributed by atoms with van der Waals surface area (Å²) in [7, 11) is 3.26. The third-order valence-electron chi connectivity index (χ3n) is 3.17. The average Bonchev–Trinajstić information content (AvgIpc) is 2.44. The van der Waals surface area contributed by atoms with Crippen LogP contribution in [0.3, 0.4) is 0 Å². The second-order valence-electron chi connectivity index (χ2n) is 4.19. The molecule has 0 radical (unpaired) electrons. The van der Waals surface area contributed by atoms with Gasteiger partial charge < -0.3 is 14.6 Å². The Morgan fingerprint density at radius 3 is 2.16 bits per heavy atom. The van der Waals surface area contributed by atoms with Gasteiger partial charge in [-0.1, -0.05) is 13.0 Å². The minimum absolute atomic E-state index is 0. The molecule has 4 heteroatoms. The number of hydrogen-bond acceptors (Lipinski definition) is 3. The van der Waals surface area contributed by atoms with Crippen LogP contribution in [0.4, 0.5) is 0 Å². The maximum atomic E-state index is 9.29. The van der Waals surface area contributed by atoms with E-state index in [-0.39, 0.29) is 19.0 Å². The smallest absolute Gasteiger partial charge is 0.161 e. The van der Waals surface area contributed by atoms with Gasteiger partial charge in [0.2, 0.25) is 0 Å². The lowest BCUT2D eigenvalue weighted by atomic mass is 9.99. The van der Waals surface area contributed by atoms with E-state index in [0.29, 0.717) is 5.75 Å². The standard InChI is InChI=1S/C15H18O3.ClH/c1-4-11-5-10(9-16)6-12-7-14(17-2)15(18-3)8-13(11)12;/h5-8,16H,4,9H2,1-3H3;1H. The highest BCUT2D eigenvalue weighted by molar-refractivity contribution is 5.89. The predicted molar refractivity (Wildman–Crippen MR) is 79.6 cm³/mol. The number of methoxy groups -OCH3 is 2. The van der Waals surface area contributed by atoms with Gasteiger partial charge in [0.05, 0.1) is 20.8 Å². The summed E-state index contributed by atoms with van der Waals surface area (Å²) in [6.07, 6.45) is 0.916. The lowest BCUT2D eigenvalue weighted by molar-refractivity contribution is 0.282. The molecule has 0 fully saturated rings. The summed E-state index contributed by atoms with van der Waals surface area (Å²) in [6, 6.07) is 7.96. The van der Waals surface area contributed by atoms with E-state index in [9.17, 15) is 5.11 Å². The molecule has 0 aromatic heterocycles. The first-order valence-electron chi connectivity index (χ1n) is 6.01. The van der Waals surface area contributed by atoms with Crippen molar-refractivity contribution in [1.82, 2.24) is 0 Å². The number of fused-ring (bicyclic) bond motifs is 1. The van der Waals surface area contributed by atoms with Gasteiger partial charge in [-0.3, -0.25) is 0 Å². The van der Waals surface area contributed by atoms with Crippen LogP contribution in [0.1, 0.15) is 18.1 Å². The molecule has 19 heavy (non-hydrogen) atoms. The fourth-order valence-electron chi connectivity index (χ4n) is 2.22. The van der Waals surface area contributed by atoms with Crippen LogP contribution >= 0.6 is 12.4 Å². The molecule has 2 aromatic carbocycles. The lowest BCUT2D eigenvalue weighted by Gasteiger charge is -2.12. The highest BCUT2D eigenvalue weighted by Gasteiger charge is 2.09. The van der Waals surface area contributed by atoms with Crippen molar-refractivity contribution in [3.63, 3.8) is 0 Å². The van der Waals surface area contributed by atoms with Gasteiger partial charge in [-0.2, -0.15) is 0 Å². The van der Waals surface area contributed by atoms with Gasteiger partial charge in [0, 0.05) is 0 Å². The van der Waals surface area contributed by atoms with Gasteiger partial charge in [0.25, 0.3) is 0 Å². The number of rotatable bonds is 4. The van der Waals surface area contributed by atoms with Crippen LogP contribution in [0.5, 0.6) is 11.5 Å². The van der Waals surface area contributed by atoms with Crippen molar-refractivity contribution in [3.8, 4) is 11.5 Å². The van der Waals surface area contributed by atoms with Gasteiger partial charge in [-0.15, -0.1) is 12.4 Å². The summed E-state index contributed by atoms with van der Waals surface area (Å²) >= 11 is 0. The highest BCUT2D eigenvalue weighted by Crippen LogP contribution is 2.34. The summed E-state index contributed by atoms with van der Waals surface area (Å²) in [4.78, 5) is 0. The molecule has 0 amide bonds. The molecule has 2 aromatic rings. The van der Waals surface area contributed by atoms with Crippen LogP contribution in [0.25, 0.3) is 10.8 Å². The third kappa shape index (κ3) is 2.94. The van der Waals surface area contributed by atoms with Gasteiger partial charge in [-0.05, 0) is 46.5 Å². The number of benzene rings is 2. The number of hydrogen-bond donors (Lipinski definition) is 1. The Labute approximate surface area is 119 Å². The average molecular weight is 283 g/mol. The van der Waals surface area contributed by atoms with Crippen LogP contribution < -0.4 is 9.47 Å². The van der Waals surface area contributed by atoms with Crippen LogP contribution in [0, 0.1) is 0 Å². The molecule has 0 aliphatic rings. The Balaban J connectivity index is 0.00000180. The minimum atomic E-state index is 0. The fraction of sp³-hybridized carbons (Fsp3) is 0.333. The van der Waals surface area contributed by atoms with Crippen molar-refractivity contribution in [2.24, 2.45) is 0 Å². The second kappa shape index (κ2) is 6.64. The van der Waals surface area contributed by atoms with Gasteiger partial charge in [0.15, 0.2) is 11.5 Å². The SMILES string of the molecule is CCc1cc(CO)cc2cc(OC)c(OC)cc12.Cl. The molecule has 3 nitrogen and oxygen atoms in total. The van der Waals surface area contributed by atoms with E-state index in [1.807, 2.05) is 24.3 Å². The van der Waals surface area contributed by atoms with E-state index in [4.69, 9.17) is 9.47 Å². The summed E-state index contributed by atoms with van der Waals surface area (Å²) in [5.41, 5.74) is 2.13. The fourth-order valence-corrected chi connectivity index (χ4v) is 2.22. The molecular formula is C15H19ClO3. The van der Waals surface area contributed by atoms with E-state index in [1.54, 1.807) is 14.2 Å². The Morgan fingerprint density at radius 2 is 1.63 bits per heavy atom. The highest BCUT2D eigenvalue weighted by atomic mass is 35.5. The zero-order valence-corrected chi connectivity index (χ0v) is 12.2. The number of aliphatic hydroxyl groups excluding tert-OH is 1. The molecule has 0 saturated carbocycles. The minimum Gasteiger partial charge on any atom is -0.493 e. The van der Waals surface area contributed by atoms with Crippen molar-refractivity contribution < 1.29 is 14.6 Å². The largest absolute Gasteiger partial charge is 0.493 e. The first kappa shape index (κ1) is 15.6. The summed E-state index contributed by atoms with van der Waals surface area (Å²) in [5, 5.41) is 11.5. The zero-order chi connectivity index (χ0) is 13.1. The number of ether oxygens (including phenoxy) is 2. The topological polar surface area (TPSA) is 38.7 Å². The molecule has 0 atom stereocenters. The van der Waals surface area contributed by atoms with Crippen molar-refractivity contribution in [1.29, 1.82) is 0 Å². The molecule has 0 aliphatic heterocycles. The normalized spacial score (nSPS) is 10.1. The number of aryl methyl sites for hydroxylation is 1. The maximum absolute atomic E-state index is 9.29. The lowest BCUT2D eigenvalue weighted by Crippen LogP contribution is -1.94. The zero-order valence-electron chi connectivity index (χ0n) is 11.4. The van der Waals surface area contributed by atoms with Crippen molar-refractivity contribution in [2.45, 2.75) is 20.0 Å². The Morgan fingerprint density at radius 1 is 1.00 bits per heavy atom. The molecule has 0 bridgehead atoms. The number of aliphatic hydroxyl groups is 1. The summed E-state index contributed by atoms with van der Waals surface area (Å²) in [5.74, 6) is 1.44. The van der Waals surface area contributed by atoms with Gasteiger partial charge >= 0.3 is 0 Å². The third-order valence-corrected chi connectivity index (χ3v) is 3.17. The van der Waals surface area contributed by atoms with Crippen LogP contribution in [0.15, 0.2) is 24.3 Å². The first-order chi connectivity index (χ1) is 8.73. The summed E-state index contributed by atoms with van der Waals surface area (Å²) < 4.78 is 10.6. The Hall–Kier alpha value is -1.45. The molecule has 1 N–H and O–H groups in total. The Kier molecular flexibility index (Phi) is 5.45. The number of halogens is 1.